The summed E-state index contributed by atoms with van der Waals surface area (Å²) < 4.78 is 27.2. The first kappa shape index (κ1) is 20.6. The Bertz CT molecular complexity index is 754. The molecular weight excluding hydrogens is 373 g/mol. The van der Waals surface area contributed by atoms with Crippen LogP contribution in [0.2, 0.25) is 0 Å². The van der Waals surface area contributed by atoms with E-state index in [1.54, 1.807) is 0 Å². The van der Waals surface area contributed by atoms with Crippen molar-refractivity contribution >= 4 is 12.4 Å². The molecule has 3 heterocycles. The second-order valence-electron chi connectivity index (χ2n) is 10.3. The highest BCUT2D eigenvalue weighted by Gasteiger charge is 2.64. The smallest absolute Gasteiger partial charge is 0.123 e. The highest BCUT2D eigenvalue weighted by Crippen LogP contribution is 2.63. The minimum absolute atomic E-state index is 0.0118. The Labute approximate surface area is 169 Å². The van der Waals surface area contributed by atoms with Crippen LogP contribution in [0.4, 0.5) is 0 Å². The molecule has 28 heavy (non-hydrogen) atoms. The SMILES string of the molecule is CC(C)(C)O[C@H]1[C@@H]2[C@@H]3[C@@H](CC[P@@]3(=O)c3ccccc3)ON2C[C@@H]1OC(C)(C)C. The average molecular weight is 407 g/mol. The Morgan fingerprint density at radius 2 is 1.68 bits per heavy atom. The third kappa shape index (κ3) is 3.73. The lowest BCUT2D eigenvalue weighted by atomic mass is 10.0. The van der Waals surface area contributed by atoms with Crippen LogP contribution < -0.4 is 5.30 Å². The number of hydroxylamine groups is 2. The number of hydrogen-bond donors (Lipinski definition) is 0. The van der Waals surface area contributed by atoms with Gasteiger partial charge in [-0.2, -0.15) is 5.06 Å². The van der Waals surface area contributed by atoms with Crippen LogP contribution in [0.5, 0.6) is 0 Å². The second-order valence-corrected chi connectivity index (χ2v) is 13.5. The van der Waals surface area contributed by atoms with E-state index in [9.17, 15) is 4.57 Å². The molecule has 0 amide bonds. The molecule has 0 N–H and O–H groups in total. The Balaban J connectivity index is 1.69. The summed E-state index contributed by atoms with van der Waals surface area (Å²) in [6, 6.07) is 9.95. The maximum absolute atomic E-state index is 14.3. The van der Waals surface area contributed by atoms with E-state index in [4.69, 9.17) is 14.3 Å². The summed E-state index contributed by atoms with van der Waals surface area (Å²) in [5, 5.41) is 3.00. The number of rotatable bonds is 3. The summed E-state index contributed by atoms with van der Waals surface area (Å²) in [5.41, 5.74) is -0.619. The van der Waals surface area contributed by atoms with E-state index in [1.165, 1.54) is 0 Å². The summed E-state index contributed by atoms with van der Waals surface area (Å²) in [6.07, 6.45) is 1.30. The van der Waals surface area contributed by atoms with Gasteiger partial charge in [-0.05, 0) is 48.0 Å². The molecule has 0 spiro atoms. The minimum atomic E-state index is -2.58. The Morgan fingerprint density at radius 3 is 2.29 bits per heavy atom. The highest BCUT2D eigenvalue weighted by molar-refractivity contribution is 7.72. The fourth-order valence-corrected chi connectivity index (χ4v) is 8.79. The van der Waals surface area contributed by atoms with Crippen molar-refractivity contribution in [1.82, 2.24) is 5.06 Å². The molecule has 0 aromatic heterocycles. The molecule has 1 aromatic rings. The first-order valence-corrected chi connectivity index (χ1v) is 12.4. The van der Waals surface area contributed by atoms with Crippen molar-refractivity contribution in [3.63, 3.8) is 0 Å². The van der Waals surface area contributed by atoms with Crippen molar-refractivity contribution in [3.8, 4) is 0 Å². The predicted octanol–water partition coefficient (Wildman–Crippen LogP) is 3.81. The van der Waals surface area contributed by atoms with E-state index in [2.05, 4.69) is 41.5 Å². The lowest BCUT2D eigenvalue weighted by Gasteiger charge is -2.36. The van der Waals surface area contributed by atoms with Crippen molar-refractivity contribution < 1.29 is 18.9 Å². The largest absolute Gasteiger partial charge is 0.368 e. The third-order valence-corrected chi connectivity index (χ3v) is 9.51. The maximum atomic E-state index is 14.3. The molecule has 0 radical (unpaired) electrons. The molecule has 156 valence electrons. The Kier molecular flexibility index (Phi) is 5.08. The van der Waals surface area contributed by atoms with Gasteiger partial charge >= 0.3 is 0 Å². The highest BCUT2D eigenvalue weighted by atomic mass is 31.2. The second kappa shape index (κ2) is 6.92. The Morgan fingerprint density at radius 1 is 1.04 bits per heavy atom. The topological polar surface area (TPSA) is 48.0 Å². The van der Waals surface area contributed by atoms with Gasteiger partial charge in [0.1, 0.15) is 19.3 Å². The molecule has 6 atom stereocenters. The molecule has 4 rings (SSSR count). The van der Waals surface area contributed by atoms with Gasteiger partial charge in [0.15, 0.2) is 0 Å². The van der Waals surface area contributed by atoms with Gasteiger partial charge < -0.3 is 14.0 Å². The molecule has 0 saturated carbocycles. The van der Waals surface area contributed by atoms with E-state index in [1.807, 2.05) is 35.4 Å². The molecule has 1 aromatic carbocycles. The number of nitrogens with zero attached hydrogens (tertiary/aromatic N) is 1. The van der Waals surface area contributed by atoms with Crippen LogP contribution in [0.25, 0.3) is 0 Å². The predicted molar refractivity (Wildman–Crippen MR) is 112 cm³/mol. The summed E-state index contributed by atoms with van der Waals surface area (Å²) in [4.78, 5) is 6.32. The van der Waals surface area contributed by atoms with Crippen LogP contribution in [0.15, 0.2) is 30.3 Å². The van der Waals surface area contributed by atoms with Gasteiger partial charge in [-0.1, -0.05) is 30.3 Å². The fraction of sp³-hybridized carbons (Fsp3) is 0.727. The minimum Gasteiger partial charge on any atom is -0.368 e. The van der Waals surface area contributed by atoms with Gasteiger partial charge in [0.05, 0.1) is 35.6 Å². The van der Waals surface area contributed by atoms with Gasteiger partial charge in [0.2, 0.25) is 0 Å². The summed E-state index contributed by atoms with van der Waals surface area (Å²) in [5.74, 6) is 0. The standard InChI is InChI=1S/C22H34NO4P/c1-21(2,3)25-17-14-23-18(19(17)26-22(4,5)6)20-16(27-23)12-13-28(20,24)15-10-8-7-9-11-15/h7-11,16-20H,12-14H2,1-6H3/t16-,17+,18-,19-,20+,28-/m1/s1. The fourth-order valence-electron chi connectivity index (χ4n) is 5.02. The van der Waals surface area contributed by atoms with E-state index in [0.29, 0.717) is 12.7 Å². The van der Waals surface area contributed by atoms with E-state index in [-0.39, 0.29) is 41.2 Å². The van der Waals surface area contributed by atoms with Gasteiger partial charge in [0.25, 0.3) is 0 Å². The van der Waals surface area contributed by atoms with Gasteiger partial charge in [0, 0.05) is 11.5 Å². The number of benzene rings is 1. The molecule has 5 nitrogen and oxygen atoms in total. The van der Waals surface area contributed by atoms with Crippen LogP contribution in [0.1, 0.15) is 48.0 Å². The number of ether oxygens (including phenoxy) is 2. The molecule has 3 saturated heterocycles. The summed E-state index contributed by atoms with van der Waals surface area (Å²) in [6.45, 7) is 13.1. The zero-order chi connectivity index (χ0) is 20.3. The number of hydrogen-bond acceptors (Lipinski definition) is 5. The first-order valence-electron chi connectivity index (χ1n) is 10.4. The Hall–Kier alpha value is -0.710. The van der Waals surface area contributed by atoms with Crippen molar-refractivity contribution in [1.29, 1.82) is 0 Å². The molecule has 3 aliphatic rings. The molecule has 0 unspecified atom stereocenters. The van der Waals surface area contributed by atoms with Crippen molar-refractivity contribution in [2.75, 3.05) is 12.7 Å². The normalized spacial score (nSPS) is 38.6. The van der Waals surface area contributed by atoms with Crippen molar-refractivity contribution in [3.05, 3.63) is 30.3 Å². The lowest BCUT2D eigenvalue weighted by Crippen LogP contribution is -2.48. The van der Waals surface area contributed by atoms with Gasteiger partial charge in [-0.15, -0.1) is 0 Å². The van der Waals surface area contributed by atoms with Crippen LogP contribution in [-0.2, 0) is 18.9 Å². The average Bonchev–Trinajstić information content (AvgIpc) is 3.18. The van der Waals surface area contributed by atoms with Gasteiger partial charge in [-0.3, -0.25) is 4.84 Å². The summed E-state index contributed by atoms with van der Waals surface area (Å²) >= 11 is 0. The zero-order valence-electron chi connectivity index (χ0n) is 17.9. The van der Waals surface area contributed by atoms with Crippen molar-refractivity contribution in [2.24, 2.45) is 0 Å². The monoisotopic (exact) mass is 407 g/mol. The molecule has 0 bridgehead atoms. The quantitative estimate of drug-likeness (QED) is 0.713. The maximum Gasteiger partial charge on any atom is 0.123 e. The number of fused-ring (bicyclic) bond motifs is 3. The van der Waals surface area contributed by atoms with Gasteiger partial charge in [-0.25, -0.2) is 0 Å². The molecule has 3 fully saturated rings. The van der Waals surface area contributed by atoms with E-state index >= 15 is 0 Å². The van der Waals surface area contributed by atoms with Crippen LogP contribution in [-0.4, -0.2) is 59.0 Å². The molecule has 3 aliphatic heterocycles. The lowest BCUT2D eigenvalue weighted by molar-refractivity contribution is -0.160. The molecular formula is C22H34NO4P. The van der Waals surface area contributed by atoms with E-state index in [0.717, 1.165) is 11.7 Å². The van der Waals surface area contributed by atoms with E-state index < -0.39 is 7.14 Å². The molecule has 6 heteroatoms. The van der Waals surface area contributed by atoms with Crippen LogP contribution >= 0.6 is 7.14 Å². The van der Waals surface area contributed by atoms with Crippen LogP contribution in [0, 0.1) is 0 Å². The third-order valence-electron chi connectivity index (χ3n) is 5.81. The zero-order valence-corrected chi connectivity index (χ0v) is 18.8. The van der Waals surface area contributed by atoms with Crippen molar-refractivity contribution in [2.45, 2.75) is 89.2 Å². The molecule has 0 aliphatic carbocycles. The summed E-state index contributed by atoms with van der Waals surface area (Å²) in [7, 11) is -2.58. The van der Waals surface area contributed by atoms with Crippen LogP contribution in [0.3, 0.4) is 0 Å². The first-order chi connectivity index (χ1) is 13.0.